The first-order valence-corrected chi connectivity index (χ1v) is 6.33. The molecule has 2 heteroatoms. The van der Waals surface area contributed by atoms with E-state index in [-0.39, 0.29) is 5.41 Å². The summed E-state index contributed by atoms with van der Waals surface area (Å²) >= 11 is 5.90. The summed E-state index contributed by atoms with van der Waals surface area (Å²) in [6.07, 6.45) is 1.13. The number of hydrogen-bond acceptors (Lipinski definition) is 1. The van der Waals surface area contributed by atoms with Crippen molar-refractivity contribution >= 4 is 11.6 Å². The molecule has 0 aromatic heterocycles. The average Bonchev–Trinajstić information content (AvgIpc) is 2.17. The van der Waals surface area contributed by atoms with Crippen molar-refractivity contribution < 1.29 is 0 Å². The molecule has 16 heavy (non-hydrogen) atoms. The van der Waals surface area contributed by atoms with Crippen LogP contribution < -0.4 is 5.32 Å². The van der Waals surface area contributed by atoms with E-state index in [1.807, 2.05) is 12.1 Å². The van der Waals surface area contributed by atoms with Crippen LogP contribution in [0.5, 0.6) is 0 Å². The van der Waals surface area contributed by atoms with Gasteiger partial charge in [0.1, 0.15) is 0 Å². The van der Waals surface area contributed by atoms with Gasteiger partial charge in [0.05, 0.1) is 0 Å². The molecule has 0 saturated carbocycles. The summed E-state index contributed by atoms with van der Waals surface area (Å²) in [7, 11) is 0. The lowest BCUT2D eigenvalue weighted by Crippen LogP contribution is -2.33. The molecule has 0 saturated heterocycles. The molecule has 90 valence electrons. The van der Waals surface area contributed by atoms with Crippen LogP contribution >= 0.6 is 11.6 Å². The molecule has 0 fully saturated rings. The second-order valence-corrected chi connectivity index (χ2v) is 5.49. The van der Waals surface area contributed by atoms with Crippen LogP contribution in [0.3, 0.4) is 0 Å². The van der Waals surface area contributed by atoms with Crippen LogP contribution in [-0.2, 0) is 5.41 Å². The fourth-order valence-electron chi connectivity index (χ4n) is 2.21. The van der Waals surface area contributed by atoms with Crippen LogP contribution in [0, 0.1) is 0 Å². The average molecular weight is 240 g/mol. The molecule has 1 N–H and O–H groups in total. The summed E-state index contributed by atoms with van der Waals surface area (Å²) in [5, 5.41) is 4.26. The molecule has 1 atom stereocenters. The second kappa shape index (κ2) is 5.70. The zero-order valence-electron chi connectivity index (χ0n) is 10.7. The first-order chi connectivity index (χ1) is 7.45. The molecule has 1 nitrogen and oxygen atoms in total. The molecule has 0 spiro atoms. The summed E-state index contributed by atoms with van der Waals surface area (Å²) < 4.78 is 0. The third kappa shape index (κ3) is 3.80. The van der Waals surface area contributed by atoms with Crippen molar-refractivity contribution in [2.24, 2.45) is 0 Å². The highest BCUT2D eigenvalue weighted by Crippen LogP contribution is 2.29. The highest BCUT2D eigenvalue weighted by Gasteiger charge is 2.22. The fourth-order valence-corrected chi connectivity index (χ4v) is 2.33. The van der Waals surface area contributed by atoms with E-state index >= 15 is 0 Å². The molecule has 1 rings (SSSR count). The zero-order valence-corrected chi connectivity index (χ0v) is 11.4. The lowest BCUT2D eigenvalue weighted by molar-refractivity contribution is 0.394. The minimum absolute atomic E-state index is 0.187. The minimum atomic E-state index is 0.187. The molecule has 0 aliphatic heterocycles. The molecular weight excluding hydrogens is 218 g/mol. The number of rotatable bonds is 5. The Morgan fingerprint density at radius 1 is 1.25 bits per heavy atom. The summed E-state index contributed by atoms with van der Waals surface area (Å²) in [6.45, 7) is 9.97. The standard InChI is InChI=1S/C14H22ClN/c1-5-16-11(2)10-14(3,4)12-6-8-13(15)9-7-12/h6-9,11,16H,5,10H2,1-4H3. The van der Waals surface area contributed by atoms with E-state index in [1.54, 1.807) is 0 Å². The smallest absolute Gasteiger partial charge is 0.0406 e. The van der Waals surface area contributed by atoms with E-state index in [1.165, 1.54) is 5.56 Å². The summed E-state index contributed by atoms with van der Waals surface area (Å²) in [4.78, 5) is 0. The van der Waals surface area contributed by atoms with Gasteiger partial charge >= 0.3 is 0 Å². The lowest BCUT2D eigenvalue weighted by Gasteiger charge is -2.29. The van der Waals surface area contributed by atoms with Gasteiger partial charge in [0.15, 0.2) is 0 Å². The zero-order chi connectivity index (χ0) is 12.2. The Bertz CT molecular complexity index is 316. The largest absolute Gasteiger partial charge is 0.315 e. The van der Waals surface area contributed by atoms with E-state index in [0.29, 0.717) is 6.04 Å². The molecule has 0 aliphatic carbocycles. The molecule has 0 bridgehead atoms. The maximum absolute atomic E-state index is 5.90. The van der Waals surface area contributed by atoms with E-state index in [0.717, 1.165) is 18.0 Å². The Morgan fingerprint density at radius 2 is 1.81 bits per heavy atom. The number of benzene rings is 1. The monoisotopic (exact) mass is 239 g/mol. The van der Waals surface area contributed by atoms with Crippen LogP contribution in [-0.4, -0.2) is 12.6 Å². The maximum Gasteiger partial charge on any atom is 0.0406 e. The first-order valence-electron chi connectivity index (χ1n) is 5.95. The quantitative estimate of drug-likeness (QED) is 0.819. The van der Waals surface area contributed by atoms with Gasteiger partial charge in [-0.1, -0.05) is 44.5 Å². The summed E-state index contributed by atoms with van der Waals surface area (Å²) in [6, 6.07) is 8.73. The number of hydrogen-bond donors (Lipinski definition) is 1. The third-order valence-electron chi connectivity index (χ3n) is 2.99. The van der Waals surface area contributed by atoms with E-state index in [2.05, 4.69) is 45.1 Å². The van der Waals surface area contributed by atoms with Crippen molar-refractivity contribution in [3.05, 3.63) is 34.9 Å². The van der Waals surface area contributed by atoms with Gasteiger partial charge in [-0.25, -0.2) is 0 Å². The predicted molar refractivity (Wildman–Crippen MR) is 72.2 cm³/mol. The fraction of sp³-hybridized carbons (Fsp3) is 0.571. The van der Waals surface area contributed by atoms with E-state index in [9.17, 15) is 0 Å². The highest BCUT2D eigenvalue weighted by atomic mass is 35.5. The molecule has 0 amide bonds. The molecule has 1 unspecified atom stereocenters. The number of nitrogens with one attached hydrogen (secondary N) is 1. The molecule has 1 aromatic rings. The van der Waals surface area contributed by atoms with Gasteiger partial charge < -0.3 is 5.32 Å². The van der Waals surface area contributed by atoms with E-state index in [4.69, 9.17) is 11.6 Å². The van der Waals surface area contributed by atoms with Crippen molar-refractivity contribution in [3.63, 3.8) is 0 Å². The van der Waals surface area contributed by atoms with Crippen LogP contribution in [0.1, 0.15) is 39.7 Å². The Morgan fingerprint density at radius 3 is 2.31 bits per heavy atom. The molecule has 1 aromatic carbocycles. The number of halogens is 1. The van der Waals surface area contributed by atoms with Gasteiger partial charge in [0.25, 0.3) is 0 Å². The van der Waals surface area contributed by atoms with Crippen molar-refractivity contribution in [2.45, 2.75) is 45.6 Å². The molecular formula is C14H22ClN. The van der Waals surface area contributed by atoms with Crippen molar-refractivity contribution in [1.29, 1.82) is 0 Å². The Kier molecular flexibility index (Phi) is 4.82. The predicted octanol–water partition coefficient (Wildman–Crippen LogP) is 4.01. The first kappa shape index (κ1) is 13.5. The Labute approximate surface area is 104 Å². The van der Waals surface area contributed by atoms with Gasteiger partial charge in [-0.2, -0.15) is 0 Å². The van der Waals surface area contributed by atoms with Crippen molar-refractivity contribution in [3.8, 4) is 0 Å². The normalized spacial score (nSPS) is 13.8. The van der Waals surface area contributed by atoms with Gasteiger partial charge in [-0.05, 0) is 43.0 Å². The van der Waals surface area contributed by atoms with Gasteiger partial charge in [-0.3, -0.25) is 0 Å². The van der Waals surface area contributed by atoms with Crippen LogP contribution in [0.25, 0.3) is 0 Å². The van der Waals surface area contributed by atoms with Crippen molar-refractivity contribution in [1.82, 2.24) is 5.32 Å². The van der Waals surface area contributed by atoms with Gasteiger partial charge in [-0.15, -0.1) is 0 Å². The highest BCUT2D eigenvalue weighted by molar-refractivity contribution is 6.30. The van der Waals surface area contributed by atoms with Gasteiger partial charge in [0, 0.05) is 11.1 Å². The molecule has 0 heterocycles. The van der Waals surface area contributed by atoms with Crippen LogP contribution in [0.2, 0.25) is 5.02 Å². The topological polar surface area (TPSA) is 12.0 Å². The summed E-state index contributed by atoms with van der Waals surface area (Å²) in [5.74, 6) is 0. The van der Waals surface area contributed by atoms with E-state index < -0.39 is 0 Å². The third-order valence-corrected chi connectivity index (χ3v) is 3.25. The molecule has 0 aliphatic rings. The second-order valence-electron chi connectivity index (χ2n) is 5.05. The minimum Gasteiger partial charge on any atom is -0.315 e. The Balaban J connectivity index is 2.72. The van der Waals surface area contributed by atoms with Crippen molar-refractivity contribution in [2.75, 3.05) is 6.54 Å². The molecule has 0 radical (unpaired) electrons. The summed E-state index contributed by atoms with van der Waals surface area (Å²) in [5.41, 5.74) is 1.54. The maximum atomic E-state index is 5.90. The SMILES string of the molecule is CCNC(C)CC(C)(C)c1ccc(Cl)cc1. The Hall–Kier alpha value is -0.530. The van der Waals surface area contributed by atoms with Crippen LogP contribution in [0.4, 0.5) is 0 Å². The van der Waals surface area contributed by atoms with Gasteiger partial charge in [0.2, 0.25) is 0 Å². The van der Waals surface area contributed by atoms with Crippen LogP contribution in [0.15, 0.2) is 24.3 Å². The lowest BCUT2D eigenvalue weighted by atomic mass is 9.79.